The largest absolute Gasteiger partial charge is 0.482 e. The lowest BCUT2D eigenvalue weighted by atomic mass is 10.2. The number of rotatable bonds is 4. The van der Waals surface area contributed by atoms with Gasteiger partial charge in [-0.2, -0.15) is 0 Å². The first-order valence-corrected chi connectivity index (χ1v) is 5.37. The monoisotopic (exact) mass is 248 g/mol. The van der Waals surface area contributed by atoms with Gasteiger partial charge in [0, 0.05) is 6.07 Å². The Hall–Kier alpha value is -2.37. The highest BCUT2D eigenvalue weighted by Crippen LogP contribution is 2.27. The molecule has 0 aliphatic rings. The maximum Gasteiger partial charge on any atom is 0.310 e. The van der Waals surface area contributed by atoms with E-state index in [0.29, 0.717) is 5.76 Å². The van der Waals surface area contributed by atoms with Crippen LogP contribution in [0.3, 0.4) is 0 Å². The van der Waals surface area contributed by atoms with Gasteiger partial charge in [-0.15, -0.1) is 0 Å². The van der Waals surface area contributed by atoms with E-state index in [1.54, 1.807) is 32.0 Å². The van der Waals surface area contributed by atoms with Gasteiger partial charge >= 0.3 is 5.69 Å². The normalized spacial score (nSPS) is 10.3. The van der Waals surface area contributed by atoms with Gasteiger partial charge < -0.3 is 9.26 Å². The fraction of sp³-hybridized carbons (Fsp3) is 0.250. The Morgan fingerprint density at radius 2 is 2.11 bits per heavy atom. The van der Waals surface area contributed by atoms with Gasteiger partial charge in [-0.3, -0.25) is 10.1 Å². The predicted octanol–water partition coefficient (Wildman–Crippen LogP) is 2.78. The van der Waals surface area contributed by atoms with Crippen LogP contribution < -0.4 is 4.74 Å². The van der Waals surface area contributed by atoms with E-state index in [1.807, 2.05) is 0 Å². The summed E-state index contributed by atoms with van der Waals surface area (Å²) in [6.07, 6.45) is 0. The Balaban J connectivity index is 2.18. The summed E-state index contributed by atoms with van der Waals surface area (Å²) >= 11 is 0. The Labute approximate surface area is 103 Å². The third kappa shape index (κ3) is 2.32. The molecular formula is C12H12N2O4. The molecule has 0 radical (unpaired) electrons. The lowest BCUT2D eigenvalue weighted by Crippen LogP contribution is -2.00. The minimum Gasteiger partial charge on any atom is -0.482 e. The van der Waals surface area contributed by atoms with Crippen molar-refractivity contribution in [3.8, 4) is 5.75 Å². The van der Waals surface area contributed by atoms with Crippen LogP contribution in [0.15, 0.2) is 28.8 Å². The van der Waals surface area contributed by atoms with E-state index in [9.17, 15) is 10.1 Å². The van der Waals surface area contributed by atoms with Gasteiger partial charge in [0.25, 0.3) is 0 Å². The van der Waals surface area contributed by atoms with E-state index >= 15 is 0 Å². The summed E-state index contributed by atoms with van der Waals surface area (Å²) in [5, 5.41) is 14.6. The SMILES string of the molecule is Cc1noc(C)c1COc1ccccc1[N+](=O)[O-]. The molecule has 1 aromatic heterocycles. The molecule has 0 atom stereocenters. The molecule has 0 N–H and O–H groups in total. The number of nitrogens with zero attached hydrogens (tertiary/aromatic N) is 2. The molecule has 2 aromatic rings. The van der Waals surface area contributed by atoms with Gasteiger partial charge in [-0.05, 0) is 19.9 Å². The van der Waals surface area contributed by atoms with Gasteiger partial charge in [0.15, 0.2) is 5.75 Å². The number of nitro benzene ring substituents is 1. The molecule has 1 aromatic carbocycles. The number of nitro groups is 1. The number of benzene rings is 1. The van der Waals surface area contributed by atoms with Crippen molar-refractivity contribution in [1.82, 2.24) is 5.16 Å². The van der Waals surface area contributed by atoms with Gasteiger partial charge in [0.05, 0.1) is 16.2 Å². The first-order chi connectivity index (χ1) is 8.59. The molecule has 0 unspecified atom stereocenters. The minimum absolute atomic E-state index is 0.0516. The zero-order valence-electron chi connectivity index (χ0n) is 10.0. The molecule has 0 amide bonds. The van der Waals surface area contributed by atoms with Crippen LogP contribution >= 0.6 is 0 Å². The highest BCUT2D eigenvalue weighted by atomic mass is 16.6. The fourth-order valence-electron chi connectivity index (χ4n) is 1.59. The summed E-state index contributed by atoms with van der Waals surface area (Å²) in [6, 6.07) is 6.26. The quantitative estimate of drug-likeness (QED) is 0.614. The van der Waals surface area contributed by atoms with Crippen molar-refractivity contribution in [1.29, 1.82) is 0 Å². The summed E-state index contributed by atoms with van der Waals surface area (Å²) < 4.78 is 10.5. The van der Waals surface area contributed by atoms with Crippen LogP contribution in [-0.2, 0) is 6.61 Å². The highest BCUT2D eigenvalue weighted by Gasteiger charge is 2.15. The van der Waals surface area contributed by atoms with Crippen molar-refractivity contribution in [2.75, 3.05) is 0 Å². The summed E-state index contributed by atoms with van der Waals surface area (Å²) in [5.74, 6) is 0.897. The number of hydrogen-bond acceptors (Lipinski definition) is 5. The molecule has 94 valence electrons. The van der Waals surface area contributed by atoms with E-state index < -0.39 is 4.92 Å². The van der Waals surface area contributed by atoms with Crippen molar-refractivity contribution >= 4 is 5.69 Å². The molecule has 0 fully saturated rings. The lowest BCUT2D eigenvalue weighted by molar-refractivity contribution is -0.385. The van der Waals surface area contributed by atoms with Crippen LogP contribution in [0.1, 0.15) is 17.0 Å². The minimum atomic E-state index is -0.470. The van der Waals surface area contributed by atoms with Crippen molar-refractivity contribution in [2.24, 2.45) is 0 Å². The Kier molecular flexibility index (Phi) is 3.27. The van der Waals surface area contributed by atoms with Crippen LogP contribution in [0.25, 0.3) is 0 Å². The predicted molar refractivity (Wildman–Crippen MR) is 63.4 cm³/mol. The topological polar surface area (TPSA) is 78.4 Å². The summed E-state index contributed by atoms with van der Waals surface area (Å²) in [6.45, 7) is 3.78. The summed E-state index contributed by atoms with van der Waals surface area (Å²) in [7, 11) is 0. The molecular weight excluding hydrogens is 236 g/mol. The third-order valence-electron chi connectivity index (χ3n) is 2.62. The maximum atomic E-state index is 10.8. The first-order valence-electron chi connectivity index (χ1n) is 5.37. The van der Waals surface area contributed by atoms with E-state index in [-0.39, 0.29) is 18.0 Å². The summed E-state index contributed by atoms with van der Waals surface area (Å²) in [5.41, 5.74) is 1.49. The molecule has 0 aliphatic heterocycles. The Morgan fingerprint density at radius 3 is 2.72 bits per heavy atom. The molecule has 6 nitrogen and oxygen atoms in total. The van der Waals surface area contributed by atoms with Gasteiger partial charge in [0.2, 0.25) is 0 Å². The van der Waals surface area contributed by atoms with Gasteiger partial charge in [-0.25, -0.2) is 0 Å². The van der Waals surface area contributed by atoms with Gasteiger partial charge in [0.1, 0.15) is 12.4 Å². The second-order valence-corrected chi connectivity index (χ2v) is 3.82. The van der Waals surface area contributed by atoms with Crippen molar-refractivity contribution < 1.29 is 14.2 Å². The van der Waals surface area contributed by atoms with Crippen LogP contribution in [0.2, 0.25) is 0 Å². The molecule has 0 spiro atoms. The molecule has 2 rings (SSSR count). The van der Waals surface area contributed by atoms with Crippen LogP contribution in [-0.4, -0.2) is 10.1 Å². The van der Waals surface area contributed by atoms with Crippen LogP contribution in [0.5, 0.6) is 5.75 Å². The van der Waals surface area contributed by atoms with Crippen molar-refractivity contribution in [3.63, 3.8) is 0 Å². The average Bonchev–Trinajstić information content (AvgIpc) is 2.67. The average molecular weight is 248 g/mol. The number of aryl methyl sites for hydroxylation is 2. The molecule has 1 heterocycles. The van der Waals surface area contributed by atoms with Crippen LogP contribution in [0.4, 0.5) is 5.69 Å². The molecule has 0 saturated carbocycles. The number of hydrogen-bond donors (Lipinski definition) is 0. The third-order valence-corrected chi connectivity index (χ3v) is 2.62. The number of aromatic nitrogens is 1. The first kappa shape index (κ1) is 12.1. The highest BCUT2D eigenvalue weighted by molar-refractivity contribution is 5.45. The van der Waals surface area contributed by atoms with E-state index in [2.05, 4.69) is 5.16 Å². The van der Waals surface area contributed by atoms with Crippen molar-refractivity contribution in [3.05, 3.63) is 51.4 Å². The fourth-order valence-corrected chi connectivity index (χ4v) is 1.59. The Bertz CT molecular complexity index is 558. The zero-order valence-corrected chi connectivity index (χ0v) is 10.0. The van der Waals surface area contributed by atoms with E-state index in [0.717, 1.165) is 11.3 Å². The molecule has 6 heteroatoms. The smallest absolute Gasteiger partial charge is 0.310 e. The molecule has 0 saturated heterocycles. The van der Waals surface area contributed by atoms with Gasteiger partial charge in [-0.1, -0.05) is 17.3 Å². The number of ether oxygens (including phenoxy) is 1. The number of para-hydroxylation sites is 2. The molecule has 18 heavy (non-hydrogen) atoms. The zero-order chi connectivity index (χ0) is 13.1. The Morgan fingerprint density at radius 1 is 1.39 bits per heavy atom. The summed E-state index contributed by atoms with van der Waals surface area (Å²) in [4.78, 5) is 10.3. The lowest BCUT2D eigenvalue weighted by Gasteiger charge is -2.05. The van der Waals surface area contributed by atoms with E-state index in [4.69, 9.17) is 9.26 Å². The maximum absolute atomic E-state index is 10.8. The second-order valence-electron chi connectivity index (χ2n) is 3.82. The van der Waals surface area contributed by atoms with Crippen LogP contribution in [0, 0.1) is 24.0 Å². The second kappa shape index (κ2) is 4.87. The molecule has 0 bridgehead atoms. The molecule has 0 aliphatic carbocycles. The van der Waals surface area contributed by atoms with Crippen molar-refractivity contribution in [2.45, 2.75) is 20.5 Å². The van der Waals surface area contributed by atoms with E-state index in [1.165, 1.54) is 6.07 Å². The standard InChI is InChI=1S/C12H12N2O4/c1-8-10(9(2)18-13-8)7-17-12-6-4-3-5-11(12)14(15)16/h3-6H,7H2,1-2H3.